The third kappa shape index (κ3) is 3.60. The molecule has 0 aliphatic heterocycles. The first-order chi connectivity index (χ1) is 10.8. The first-order valence-electron chi connectivity index (χ1n) is 7.47. The number of halogens is 2. The second-order valence-corrected chi connectivity index (χ2v) is 7.42. The molecule has 118 valence electrons. The molecule has 0 radical (unpaired) electrons. The normalized spacial score (nSPS) is 11.7. The fourth-order valence-corrected chi connectivity index (χ4v) is 2.91. The summed E-state index contributed by atoms with van der Waals surface area (Å²) in [5, 5.41) is 5.94. The van der Waals surface area contributed by atoms with Crippen LogP contribution in [0, 0.1) is 0 Å². The second-order valence-electron chi connectivity index (χ2n) is 6.57. The summed E-state index contributed by atoms with van der Waals surface area (Å²) in [5.41, 5.74) is 3.55. The van der Waals surface area contributed by atoms with Gasteiger partial charge in [0.15, 0.2) is 0 Å². The molecule has 4 heteroatoms. The van der Waals surface area contributed by atoms with Crippen LogP contribution in [0.3, 0.4) is 0 Å². The van der Waals surface area contributed by atoms with Crippen LogP contribution in [-0.2, 0) is 0 Å². The molecule has 0 bridgehead atoms. The molecule has 1 N–H and O–H groups in total. The number of aromatic nitrogens is 1. The Hall–Kier alpha value is -1.77. The standard InChI is InChI=1S/C19H18Cl2N2/c1-19(2,3)23-18-11-17(13-6-4-5-7-15(13)21)22-16-10-12(20)8-9-14(16)18/h4-11H,1-3H3,(H,22,23). The van der Waals surface area contributed by atoms with Gasteiger partial charge in [0.05, 0.1) is 11.2 Å². The Kier molecular flexibility index (Phi) is 4.22. The van der Waals surface area contributed by atoms with Crippen molar-refractivity contribution in [1.82, 2.24) is 4.98 Å². The van der Waals surface area contributed by atoms with E-state index >= 15 is 0 Å². The molecule has 0 saturated carbocycles. The molecule has 2 nitrogen and oxygen atoms in total. The number of hydrogen-bond donors (Lipinski definition) is 1. The largest absolute Gasteiger partial charge is 0.380 e. The van der Waals surface area contributed by atoms with E-state index < -0.39 is 0 Å². The molecule has 0 aliphatic carbocycles. The maximum Gasteiger partial charge on any atom is 0.0745 e. The van der Waals surface area contributed by atoms with E-state index in [1.54, 1.807) is 0 Å². The van der Waals surface area contributed by atoms with E-state index in [0.29, 0.717) is 10.0 Å². The van der Waals surface area contributed by atoms with Gasteiger partial charge >= 0.3 is 0 Å². The monoisotopic (exact) mass is 344 g/mol. The number of rotatable bonds is 2. The molecule has 23 heavy (non-hydrogen) atoms. The molecule has 3 rings (SSSR count). The lowest BCUT2D eigenvalue weighted by atomic mass is 10.0. The van der Waals surface area contributed by atoms with E-state index in [4.69, 9.17) is 28.2 Å². The number of pyridine rings is 1. The Balaban J connectivity index is 2.26. The molecule has 0 saturated heterocycles. The van der Waals surface area contributed by atoms with Crippen LogP contribution in [0.25, 0.3) is 22.2 Å². The molecule has 1 heterocycles. The summed E-state index contributed by atoms with van der Waals surface area (Å²) < 4.78 is 0. The zero-order valence-corrected chi connectivity index (χ0v) is 14.8. The van der Waals surface area contributed by atoms with Crippen molar-refractivity contribution in [3.05, 3.63) is 58.6 Å². The number of nitrogens with zero attached hydrogens (tertiary/aromatic N) is 1. The SMILES string of the molecule is CC(C)(C)Nc1cc(-c2ccccc2Cl)nc2cc(Cl)ccc12. The van der Waals surface area contributed by atoms with Gasteiger partial charge < -0.3 is 5.32 Å². The van der Waals surface area contributed by atoms with Gasteiger partial charge in [-0.1, -0.05) is 41.4 Å². The van der Waals surface area contributed by atoms with Gasteiger partial charge in [0.25, 0.3) is 0 Å². The fraction of sp³-hybridized carbons (Fsp3) is 0.211. The van der Waals surface area contributed by atoms with E-state index in [1.807, 2.05) is 48.5 Å². The smallest absolute Gasteiger partial charge is 0.0745 e. The summed E-state index contributed by atoms with van der Waals surface area (Å²) in [6, 6.07) is 15.5. The molecule has 0 unspecified atom stereocenters. The van der Waals surface area contributed by atoms with Crippen LogP contribution in [0.1, 0.15) is 20.8 Å². The van der Waals surface area contributed by atoms with E-state index in [2.05, 4.69) is 26.1 Å². The Morgan fingerprint density at radius 2 is 1.70 bits per heavy atom. The lowest BCUT2D eigenvalue weighted by Gasteiger charge is -2.24. The van der Waals surface area contributed by atoms with Crippen molar-refractivity contribution >= 4 is 39.8 Å². The summed E-state index contributed by atoms with van der Waals surface area (Å²) in [5.74, 6) is 0. The van der Waals surface area contributed by atoms with Crippen LogP contribution < -0.4 is 5.32 Å². The molecule has 1 aromatic heterocycles. The summed E-state index contributed by atoms with van der Waals surface area (Å²) in [6.07, 6.45) is 0. The van der Waals surface area contributed by atoms with Gasteiger partial charge in [0.2, 0.25) is 0 Å². The van der Waals surface area contributed by atoms with Crippen molar-refractivity contribution in [2.45, 2.75) is 26.3 Å². The Labute approximate surface area is 146 Å². The van der Waals surface area contributed by atoms with Crippen LogP contribution in [0.15, 0.2) is 48.5 Å². The van der Waals surface area contributed by atoms with E-state index in [9.17, 15) is 0 Å². The molecule has 0 fully saturated rings. The first-order valence-corrected chi connectivity index (χ1v) is 8.22. The zero-order chi connectivity index (χ0) is 16.6. The lowest BCUT2D eigenvalue weighted by molar-refractivity contribution is 0.635. The number of anilines is 1. The minimum atomic E-state index is -0.0638. The molecule has 3 aromatic rings. The van der Waals surface area contributed by atoms with Crippen molar-refractivity contribution in [2.24, 2.45) is 0 Å². The fourth-order valence-electron chi connectivity index (χ4n) is 2.52. The molecule has 0 amide bonds. The predicted octanol–water partition coefficient (Wildman–Crippen LogP) is 6.42. The summed E-state index contributed by atoms with van der Waals surface area (Å²) in [7, 11) is 0. The molecular formula is C19H18Cl2N2. The summed E-state index contributed by atoms with van der Waals surface area (Å²) in [4.78, 5) is 4.75. The van der Waals surface area contributed by atoms with Crippen molar-refractivity contribution in [3.8, 4) is 11.3 Å². The molecule has 0 atom stereocenters. The summed E-state index contributed by atoms with van der Waals surface area (Å²) >= 11 is 12.5. The predicted molar refractivity (Wildman–Crippen MR) is 101 cm³/mol. The quantitative estimate of drug-likeness (QED) is 0.580. The van der Waals surface area contributed by atoms with Gasteiger partial charge in [0.1, 0.15) is 0 Å². The van der Waals surface area contributed by atoms with Gasteiger partial charge in [-0.25, -0.2) is 4.98 Å². The van der Waals surface area contributed by atoms with Gasteiger partial charge in [0, 0.05) is 32.2 Å². The Morgan fingerprint density at radius 3 is 2.39 bits per heavy atom. The molecule has 0 aliphatic rings. The van der Waals surface area contributed by atoms with E-state index in [0.717, 1.165) is 27.8 Å². The average molecular weight is 345 g/mol. The van der Waals surface area contributed by atoms with E-state index in [1.165, 1.54) is 0 Å². The third-order valence-corrected chi connectivity index (χ3v) is 4.00. The number of hydrogen-bond acceptors (Lipinski definition) is 2. The maximum absolute atomic E-state index is 6.34. The molecule has 2 aromatic carbocycles. The average Bonchev–Trinajstić information content (AvgIpc) is 2.45. The minimum absolute atomic E-state index is 0.0638. The van der Waals surface area contributed by atoms with Gasteiger partial charge in [-0.2, -0.15) is 0 Å². The van der Waals surface area contributed by atoms with Crippen molar-refractivity contribution in [3.63, 3.8) is 0 Å². The highest BCUT2D eigenvalue weighted by atomic mass is 35.5. The number of nitrogens with one attached hydrogen (secondary N) is 1. The zero-order valence-electron chi connectivity index (χ0n) is 13.3. The Morgan fingerprint density at radius 1 is 0.957 bits per heavy atom. The third-order valence-electron chi connectivity index (χ3n) is 3.43. The van der Waals surface area contributed by atoms with Crippen LogP contribution in [0.4, 0.5) is 5.69 Å². The van der Waals surface area contributed by atoms with Gasteiger partial charge in [-0.15, -0.1) is 0 Å². The highest BCUT2D eigenvalue weighted by Crippen LogP contribution is 2.34. The van der Waals surface area contributed by atoms with Crippen LogP contribution in [0.5, 0.6) is 0 Å². The van der Waals surface area contributed by atoms with Crippen LogP contribution in [-0.4, -0.2) is 10.5 Å². The molecule has 0 spiro atoms. The van der Waals surface area contributed by atoms with Gasteiger partial charge in [-0.05, 0) is 51.1 Å². The van der Waals surface area contributed by atoms with Crippen LogP contribution >= 0.6 is 23.2 Å². The minimum Gasteiger partial charge on any atom is -0.380 e. The second kappa shape index (κ2) is 6.03. The van der Waals surface area contributed by atoms with E-state index in [-0.39, 0.29) is 5.54 Å². The van der Waals surface area contributed by atoms with Crippen molar-refractivity contribution < 1.29 is 0 Å². The topological polar surface area (TPSA) is 24.9 Å². The maximum atomic E-state index is 6.34. The number of fused-ring (bicyclic) bond motifs is 1. The highest BCUT2D eigenvalue weighted by Gasteiger charge is 2.15. The van der Waals surface area contributed by atoms with Crippen molar-refractivity contribution in [2.75, 3.05) is 5.32 Å². The Bertz CT molecular complexity index is 867. The first kappa shape index (κ1) is 16.1. The summed E-state index contributed by atoms with van der Waals surface area (Å²) in [6.45, 7) is 6.39. The molecular weight excluding hydrogens is 327 g/mol. The number of benzene rings is 2. The van der Waals surface area contributed by atoms with Crippen molar-refractivity contribution in [1.29, 1.82) is 0 Å². The van der Waals surface area contributed by atoms with Gasteiger partial charge in [-0.3, -0.25) is 0 Å². The highest BCUT2D eigenvalue weighted by molar-refractivity contribution is 6.33. The lowest BCUT2D eigenvalue weighted by Crippen LogP contribution is -2.26. The van der Waals surface area contributed by atoms with Crippen LogP contribution in [0.2, 0.25) is 10.0 Å².